The molecule has 20 N–H and O–H groups in total. The first-order chi connectivity index (χ1) is 41.6. The second-order valence-electron chi connectivity index (χ2n) is 22.1. The average Bonchev–Trinajstić information content (AvgIpc) is 1.17. The number of hydrogen-bond donors (Lipinski definition) is 20. The molecule has 0 radical (unpaired) electrons. The Hall–Kier alpha value is -2.67. The molecule has 0 saturated carbocycles. The van der Waals surface area contributed by atoms with Gasteiger partial charge in [0.25, 0.3) is 0 Å². The zero-order valence-electron chi connectivity index (χ0n) is 45.9. The summed E-state index contributed by atoms with van der Waals surface area (Å²) in [6.45, 7) is -7.22. The van der Waals surface area contributed by atoms with Crippen LogP contribution in [0.15, 0.2) is 30.3 Å². The first-order valence-corrected chi connectivity index (χ1v) is 28.1. The fourth-order valence-electron chi connectivity index (χ4n) is 11.5. The van der Waals surface area contributed by atoms with Gasteiger partial charge >= 0.3 is 5.97 Å². The van der Waals surface area contributed by atoms with Gasteiger partial charge in [0.15, 0.2) is 44.0 Å². The minimum Gasteiger partial charge on any atom is -0.463 e. The number of aryl methyl sites for hydroxylation is 1. The van der Waals surface area contributed by atoms with Gasteiger partial charge in [0, 0.05) is 6.42 Å². The Labute approximate surface area is 493 Å². The van der Waals surface area contributed by atoms with Gasteiger partial charge in [-0.25, -0.2) is 0 Å². The van der Waals surface area contributed by atoms with Crippen molar-refractivity contribution in [1.29, 1.82) is 0 Å². The molecule has 1 aromatic rings. The van der Waals surface area contributed by atoms with Crippen LogP contribution in [0, 0.1) is 0 Å². The highest BCUT2D eigenvalue weighted by Gasteiger charge is 2.59. The van der Waals surface area contributed by atoms with Crippen LogP contribution < -0.4 is 0 Å². The summed E-state index contributed by atoms with van der Waals surface area (Å²) >= 11 is 0. The molecule has 21 aliphatic rings. The molecule has 14 bridgehead atoms. The molecular formula is C51H78O36. The van der Waals surface area contributed by atoms with E-state index in [1.54, 1.807) is 30.3 Å². The van der Waals surface area contributed by atoms with Crippen LogP contribution in [-0.4, -0.2) is 369 Å². The van der Waals surface area contributed by atoms with Gasteiger partial charge in [0.2, 0.25) is 0 Å². The predicted molar refractivity (Wildman–Crippen MR) is 267 cm³/mol. The quantitative estimate of drug-likeness (QED) is 0.0915. The van der Waals surface area contributed by atoms with Gasteiger partial charge in [-0.2, -0.15) is 0 Å². The minimum absolute atomic E-state index is 0.199. The van der Waals surface area contributed by atoms with Gasteiger partial charge in [0.1, 0.15) is 178 Å². The second-order valence-corrected chi connectivity index (χ2v) is 22.1. The van der Waals surface area contributed by atoms with Gasteiger partial charge in [-0.05, 0) is 12.0 Å². The molecule has 35 atom stereocenters. The fourth-order valence-corrected chi connectivity index (χ4v) is 11.5. The maximum atomic E-state index is 13.2. The van der Waals surface area contributed by atoms with E-state index in [4.69, 9.17) is 71.1 Å². The summed E-state index contributed by atoms with van der Waals surface area (Å²) in [4.78, 5) is 13.2. The number of esters is 1. The zero-order chi connectivity index (χ0) is 62.9. The third-order valence-corrected chi connectivity index (χ3v) is 16.5. The number of carbonyl (C=O) groups is 1. The number of hydrogen-bond acceptors (Lipinski definition) is 36. The fraction of sp³-hybridized carbons (Fsp3) is 0.863. The van der Waals surface area contributed by atoms with Crippen LogP contribution in [0.4, 0.5) is 0 Å². The summed E-state index contributed by atoms with van der Waals surface area (Å²) < 4.78 is 86.4. The van der Waals surface area contributed by atoms with Crippen LogP contribution in [0.5, 0.6) is 0 Å². The monoisotopic (exact) mass is 1270 g/mol. The molecule has 36 heteroatoms. The molecule has 21 aliphatic heterocycles. The number of aliphatic hydroxyl groups excluding tert-OH is 20. The van der Waals surface area contributed by atoms with Crippen molar-refractivity contribution in [3.63, 3.8) is 0 Å². The van der Waals surface area contributed by atoms with Crippen molar-refractivity contribution >= 4 is 5.97 Å². The zero-order valence-corrected chi connectivity index (χ0v) is 45.9. The lowest BCUT2D eigenvalue weighted by atomic mass is 9.95. The van der Waals surface area contributed by atoms with Crippen molar-refractivity contribution in [1.82, 2.24) is 0 Å². The van der Waals surface area contributed by atoms with E-state index in [9.17, 15) is 107 Å². The smallest absolute Gasteiger partial charge is 0.306 e. The van der Waals surface area contributed by atoms with E-state index in [-0.39, 0.29) is 12.8 Å². The predicted octanol–water partition coefficient (Wildman–Crippen LogP) is -13.0. The molecule has 498 valence electrons. The van der Waals surface area contributed by atoms with E-state index >= 15 is 0 Å². The molecule has 0 amide bonds. The van der Waals surface area contributed by atoms with Gasteiger partial charge in [-0.3, -0.25) is 4.79 Å². The summed E-state index contributed by atoms with van der Waals surface area (Å²) in [7, 11) is 0. The summed E-state index contributed by atoms with van der Waals surface area (Å²) in [6.07, 6.45) is -71.4. The first-order valence-electron chi connectivity index (χ1n) is 28.1. The molecule has 36 nitrogen and oxygen atoms in total. The van der Waals surface area contributed by atoms with Crippen LogP contribution in [0.2, 0.25) is 0 Å². The highest BCUT2D eigenvalue weighted by molar-refractivity contribution is 5.69. The van der Waals surface area contributed by atoms with E-state index in [1.165, 1.54) is 0 Å². The van der Waals surface area contributed by atoms with E-state index in [0.29, 0.717) is 0 Å². The Kier molecular flexibility index (Phi) is 23.6. The highest BCUT2D eigenvalue weighted by Crippen LogP contribution is 2.39. The Balaban J connectivity index is 1.01. The summed E-state index contributed by atoms with van der Waals surface area (Å²) in [5, 5.41) is 223. The van der Waals surface area contributed by atoms with Crippen molar-refractivity contribution in [3.05, 3.63) is 35.9 Å². The largest absolute Gasteiger partial charge is 0.463 e. The molecule has 87 heavy (non-hydrogen) atoms. The number of benzene rings is 1. The molecule has 0 aliphatic carbocycles. The van der Waals surface area contributed by atoms with E-state index in [0.717, 1.165) is 5.56 Å². The standard InChI is InChI=1S/C51H78O36/c52-8-16-38-25(60)32(67)46(75-16)83-40-18(10-54)77-48(34(69)27(40)62)85-42-20(12-56)79-50(36(71)29(42)64)87-44-22(14-73-23(58)7-6-15-4-2-1-3-5-15)80-51(37(72)30(44)65)86-43-21(13-57)78-49(35(70)28(43)63)84-41-19(11-55)76-47(33(68)26(41)61)82-39-17(9-53)74-45(81-38)31(66)24(39)59/h1-5,16-22,24-57,59-72H,6-14H2/t16-,17-,18-,19-,20-,21-,22-,24-,25-,26-,27-,28-,29-,30-,31-,32-,33-,34-,35-,36-,37-,38-,39-,40-,41-,42-,43-,44-,45-,46-,47-,48-,49-,50-,51-/m1/s1. The molecular weight excluding hydrogens is 1190 g/mol. The molecule has 0 aromatic heterocycles. The van der Waals surface area contributed by atoms with Crippen LogP contribution in [-0.2, 0) is 82.3 Å². The van der Waals surface area contributed by atoms with Gasteiger partial charge in [0.05, 0.1) is 39.6 Å². The number of ether oxygens (including phenoxy) is 15. The maximum Gasteiger partial charge on any atom is 0.306 e. The Morgan fingerprint density at radius 2 is 0.506 bits per heavy atom. The Bertz CT molecular complexity index is 2270. The van der Waals surface area contributed by atoms with E-state index in [1.807, 2.05) is 0 Å². The lowest BCUT2D eigenvalue weighted by molar-refractivity contribution is -0.396. The maximum absolute atomic E-state index is 13.2. The van der Waals surface area contributed by atoms with Gasteiger partial charge < -0.3 is 173 Å². The third kappa shape index (κ3) is 14.4. The van der Waals surface area contributed by atoms with Gasteiger partial charge in [-0.1, -0.05) is 30.3 Å². The summed E-state index contributed by atoms with van der Waals surface area (Å²) in [5.41, 5.74) is 0.754. The number of carbonyl (C=O) groups excluding carboxylic acids is 1. The first kappa shape index (κ1) is 68.7. The molecule has 1 aromatic carbocycles. The average molecular weight is 1270 g/mol. The highest BCUT2D eigenvalue weighted by atomic mass is 16.8. The van der Waals surface area contributed by atoms with Crippen molar-refractivity contribution in [2.24, 2.45) is 0 Å². The second kappa shape index (κ2) is 29.9. The van der Waals surface area contributed by atoms with Crippen LogP contribution in [0.25, 0.3) is 0 Å². The molecule has 21 fully saturated rings. The molecule has 0 unspecified atom stereocenters. The SMILES string of the molecule is O=C(CCc1ccccc1)OC[C@H]1O[C@@H]2O[C@H]3[C@H](O)[C@@H](O)[C@@H](O[C@H]4[C@H](O)[C@@H](O)[C@@H](O[C@H]5[C@H](O)[C@@H](O)[C@@H](O[C@H]6[C@H](O)[C@@H](O)[C@@H](O[C@H]7[C@H](O)[C@@H](O)[C@@H](O[C@H]8[C@H](O)[C@@H](O)[C@@H](O[C@H]1[C@H](O)[C@H]2O)O[C@@H]8CO)O[C@@H]7CO)O[C@@H]6CO)O[C@@H]5CO)O[C@@H]4CO)O[C@@H]3CO. The lowest BCUT2D eigenvalue weighted by Crippen LogP contribution is -2.68. The minimum atomic E-state index is -2.27. The van der Waals surface area contributed by atoms with Crippen LogP contribution in [0.1, 0.15) is 12.0 Å². The molecule has 0 spiro atoms. The van der Waals surface area contributed by atoms with Gasteiger partial charge in [-0.15, -0.1) is 0 Å². The third-order valence-electron chi connectivity index (χ3n) is 16.5. The number of rotatable bonds is 11. The van der Waals surface area contributed by atoms with Crippen molar-refractivity contribution in [2.45, 2.75) is 228 Å². The van der Waals surface area contributed by atoms with Crippen molar-refractivity contribution in [2.75, 3.05) is 46.2 Å². The topological polar surface area (TPSA) is 560 Å². The summed E-state index contributed by atoms with van der Waals surface area (Å²) in [6, 6.07) is 8.74. The van der Waals surface area contributed by atoms with Crippen LogP contribution in [0.3, 0.4) is 0 Å². The molecule has 21 saturated heterocycles. The Morgan fingerprint density at radius 1 is 0.299 bits per heavy atom. The van der Waals surface area contributed by atoms with E-state index in [2.05, 4.69) is 0 Å². The molecule has 21 heterocycles. The van der Waals surface area contributed by atoms with Crippen molar-refractivity contribution < 1.29 is 178 Å². The summed E-state index contributed by atoms with van der Waals surface area (Å²) in [5.74, 6) is -0.825. The lowest BCUT2D eigenvalue weighted by Gasteiger charge is -2.50. The number of aliphatic hydroxyl groups is 20. The molecule has 22 rings (SSSR count). The normalized spacial score (nSPS) is 50.2. The Morgan fingerprint density at radius 3 is 0.724 bits per heavy atom. The van der Waals surface area contributed by atoms with Crippen LogP contribution >= 0.6 is 0 Å². The van der Waals surface area contributed by atoms with E-state index < -0.39 is 267 Å². The van der Waals surface area contributed by atoms with Crippen molar-refractivity contribution in [3.8, 4) is 0 Å².